The number of methoxy groups -OCH3 is 1. The molecule has 2 fully saturated rings. The summed E-state index contributed by atoms with van der Waals surface area (Å²) in [6.07, 6.45) is 3.49. The maximum Gasteiger partial charge on any atom is 0.139 e. The van der Waals surface area contributed by atoms with E-state index in [1.54, 1.807) is 7.11 Å². The van der Waals surface area contributed by atoms with E-state index in [1.807, 2.05) is 12.1 Å². The lowest BCUT2D eigenvalue weighted by Gasteiger charge is -2.38. The Labute approximate surface area is 114 Å². The fraction of sp³-hybridized carbons (Fsp3) is 0.538. The van der Waals surface area contributed by atoms with Crippen molar-refractivity contribution in [1.82, 2.24) is 4.90 Å². The monoisotopic (exact) mass is 285 g/mol. The summed E-state index contributed by atoms with van der Waals surface area (Å²) in [6, 6.07) is 8.65. The van der Waals surface area contributed by atoms with Gasteiger partial charge in [0.1, 0.15) is 19.4 Å². The number of hydrogen-bond donors (Lipinski definition) is 0. The van der Waals surface area contributed by atoms with Crippen molar-refractivity contribution in [2.45, 2.75) is 25.0 Å². The van der Waals surface area contributed by atoms with Crippen LogP contribution in [0, 0.1) is 0 Å². The Morgan fingerprint density at radius 2 is 2.17 bits per heavy atom. The quantitative estimate of drug-likeness (QED) is 0.773. The van der Waals surface area contributed by atoms with Crippen LogP contribution >= 0.6 is 18.7 Å². The van der Waals surface area contributed by atoms with Crippen molar-refractivity contribution in [3.05, 3.63) is 29.8 Å². The minimum absolute atomic E-state index is 0.121. The molecule has 2 saturated heterocycles. The smallest absolute Gasteiger partial charge is 0.139 e. The van der Waals surface area contributed by atoms with Gasteiger partial charge in [0.15, 0.2) is 0 Å². The van der Waals surface area contributed by atoms with Crippen LogP contribution in [0.5, 0.6) is 5.75 Å². The van der Waals surface area contributed by atoms with Gasteiger partial charge < -0.3 is 9.26 Å². The summed E-state index contributed by atoms with van der Waals surface area (Å²) in [4.78, 5) is 2.48. The van der Waals surface area contributed by atoms with Crippen LogP contribution in [0.4, 0.5) is 0 Å². The lowest BCUT2D eigenvalue weighted by molar-refractivity contribution is 0.0894. The second-order valence-electron chi connectivity index (χ2n) is 4.78. The molecule has 1 unspecified atom stereocenters. The van der Waals surface area contributed by atoms with E-state index in [0.29, 0.717) is 6.04 Å². The number of hydrogen-bond acceptors (Lipinski definition) is 3. The maximum atomic E-state index is 6.26. The first-order valence-corrected chi connectivity index (χ1v) is 8.61. The maximum absolute atomic E-state index is 6.26. The second-order valence-corrected chi connectivity index (χ2v) is 7.04. The molecule has 0 N–H and O–H groups in total. The van der Waals surface area contributed by atoms with Gasteiger partial charge in [0, 0.05) is 6.04 Å². The average molecular weight is 286 g/mol. The van der Waals surface area contributed by atoms with Crippen LogP contribution in [0.3, 0.4) is 0 Å². The summed E-state index contributed by atoms with van der Waals surface area (Å²) in [5.41, 5.74) is 1.21. The molecule has 2 heterocycles. The van der Waals surface area contributed by atoms with Gasteiger partial charge in [0.2, 0.25) is 0 Å². The van der Waals surface area contributed by atoms with E-state index in [9.17, 15) is 0 Å². The molecule has 0 bridgehead atoms. The number of rotatable bonds is 2. The first-order chi connectivity index (χ1) is 8.78. The van der Waals surface area contributed by atoms with Gasteiger partial charge in [-0.25, -0.2) is 0 Å². The molecule has 0 radical (unpaired) electrons. The topological polar surface area (TPSA) is 21.7 Å². The molecule has 1 aromatic rings. The third-order valence-electron chi connectivity index (χ3n) is 3.73. The predicted molar refractivity (Wildman–Crippen MR) is 74.2 cm³/mol. The Morgan fingerprint density at radius 3 is 2.89 bits per heavy atom. The molecular formula is C13H17ClNO2P. The standard InChI is InChI=1S/C13H17ClNO2P/c1-16-11-6-4-10(5-7-11)13-12-3-2-8-15(12)9-18(14)17-13/h4-7,12-13H,2-3,8-9H2,1H3/t12-,13+,18?/m0/s1. The predicted octanol–water partition coefficient (Wildman–Crippen LogP) is 3.74. The van der Waals surface area contributed by atoms with Crippen molar-refractivity contribution in [3.63, 3.8) is 0 Å². The van der Waals surface area contributed by atoms with Gasteiger partial charge in [-0.3, -0.25) is 4.90 Å². The summed E-state index contributed by atoms with van der Waals surface area (Å²) in [7, 11) is 0.853. The van der Waals surface area contributed by atoms with Crippen LogP contribution in [0.1, 0.15) is 24.5 Å². The van der Waals surface area contributed by atoms with Crippen molar-refractivity contribution in [2.24, 2.45) is 0 Å². The molecule has 18 heavy (non-hydrogen) atoms. The van der Waals surface area contributed by atoms with Crippen molar-refractivity contribution < 1.29 is 9.26 Å². The van der Waals surface area contributed by atoms with Gasteiger partial charge in [-0.15, -0.1) is 0 Å². The molecule has 2 aliphatic heterocycles. The van der Waals surface area contributed by atoms with Crippen molar-refractivity contribution in [1.29, 1.82) is 0 Å². The SMILES string of the molecule is COc1ccc([C@H]2OP(Cl)CN3CCC[C@@H]23)cc1. The Hall–Kier alpha value is -0.340. The minimum atomic E-state index is -0.831. The van der Waals surface area contributed by atoms with Gasteiger partial charge in [-0.1, -0.05) is 23.4 Å². The summed E-state index contributed by atoms with van der Waals surface area (Å²) in [5.74, 6) is 0.881. The van der Waals surface area contributed by atoms with Gasteiger partial charge in [0.05, 0.1) is 13.4 Å². The Balaban J connectivity index is 1.84. The molecular weight excluding hydrogens is 269 g/mol. The van der Waals surface area contributed by atoms with E-state index in [0.717, 1.165) is 18.6 Å². The molecule has 1 aromatic carbocycles. The number of benzene rings is 1. The van der Waals surface area contributed by atoms with Gasteiger partial charge in [0.25, 0.3) is 0 Å². The lowest BCUT2D eigenvalue weighted by Crippen LogP contribution is -2.38. The summed E-state index contributed by atoms with van der Waals surface area (Å²) in [5, 5.41) is 0. The van der Waals surface area contributed by atoms with Gasteiger partial charge in [-0.2, -0.15) is 0 Å². The molecule has 5 heteroatoms. The number of fused-ring (bicyclic) bond motifs is 1. The first-order valence-electron chi connectivity index (χ1n) is 6.26. The third kappa shape index (κ3) is 2.37. The van der Waals surface area contributed by atoms with E-state index in [2.05, 4.69) is 17.0 Å². The second kappa shape index (κ2) is 5.34. The molecule has 98 valence electrons. The highest BCUT2D eigenvalue weighted by atomic mass is 35.7. The van der Waals surface area contributed by atoms with E-state index in [4.69, 9.17) is 20.5 Å². The van der Waals surface area contributed by atoms with Crippen molar-refractivity contribution in [2.75, 3.05) is 19.9 Å². The highest BCUT2D eigenvalue weighted by molar-refractivity contribution is 7.80. The van der Waals surface area contributed by atoms with E-state index >= 15 is 0 Å². The number of halogens is 1. The molecule has 3 atom stereocenters. The van der Waals surface area contributed by atoms with Crippen LogP contribution in [0.2, 0.25) is 0 Å². The zero-order valence-corrected chi connectivity index (χ0v) is 12.0. The Kier molecular flexibility index (Phi) is 3.76. The molecule has 0 amide bonds. The lowest BCUT2D eigenvalue weighted by atomic mass is 10.0. The first kappa shape index (κ1) is 12.7. The Bertz CT molecular complexity index is 414. The van der Waals surface area contributed by atoms with Gasteiger partial charge in [-0.05, 0) is 37.1 Å². The molecule has 0 spiro atoms. The molecule has 0 saturated carbocycles. The fourth-order valence-corrected chi connectivity index (χ4v) is 4.70. The summed E-state index contributed by atoms with van der Waals surface area (Å²) < 4.78 is 11.2. The van der Waals surface area contributed by atoms with Gasteiger partial charge >= 0.3 is 0 Å². The Morgan fingerprint density at radius 1 is 1.39 bits per heavy atom. The highest BCUT2D eigenvalue weighted by Gasteiger charge is 2.39. The average Bonchev–Trinajstić information content (AvgIpc) is 2.86. The largest absolute Gasteiger partial charge is 0.497 e. The van der Waals surface area contributed by atoms with Crippen LogP contribution in [0.25, 0.3) is 0 Å². The molecule has 0 aromatic heterocycles. The van der Waals surface area contributed by atoms with E-state index in [1.165, 1.54) is 18.4 Å². The van der Waals surface area contributed by atoms with Crippen LogP contribution < -0.4 is 4.74 Å². The third-order valence-corrected chi connectivity index (χ3v) is 5.33. The molecule has 2 aliphatic rings. The van der Waals surface area contributed by atoms with E-state index in [-0.39, 0.29) is 6.10 Å². The van der Waals surface area contributed by atoms with Crippen molar-refractivity contribution >= 4 is 18.7 Å². The zero-order valence-electron chi connectivity index (χ0n) is 10.4. The van der Waals surface area contributed by atoms with E-state index < -0.39 is 7.50 Å². The zero-order chi connectivity index (χ0) is 12.5. The number of ether oxygens (including phenoxy) is 1. The summed E-state index contributed by atoms with van der Waals surface area (Å²) >= 11 is 6.26. The molecule has 3 rings (SSSR count). The van der Waals surface area contributed by atoms with Crippen LogP contribution in [-0.2, 0) is 4.52 Å². The molecule has 0 aliphatic carbocycles. The van der Waals surface area contributed by atoms with Crippen LogP contribution in [0.15, 0.2) is 24.3 Å². The van der Waals surface area contributed by atoms with Crippen LogP contribution in [-0.4, -0.2) is 30.9 Å². The fourth-order valence-electron chi connectivity index (χ4n) is 2.82. The number of nitrogens with zero attached hydrogens (tertiary/aromatic N) is 1. The normalized spacial score (nSPS) is 32.2. The van der Waals surface area contributed by atoms with Crippen molar-refractivity contribution in [3.8, 4) is 5.75 Å². The molecule has 3 nitrogen and oxygen atoms in total. The highest BCUT2D eigenvalue weighted by Crippen LogP contribution is 2.55. The summed E-state index contributed by atoms with van der Waals surface area (Å²) in [6.45, 7) is 1.16. The minimum Gasteiger partial charge on any atom is -0.497 e.